The topological polar surface area (TPSA) is 57.5 Å². The lowest BCUT2D eigenvalue weighted by atomic mass is 10.1. The maximum atomic E-state index is 12.4. The van der Waals surface area contributed by atoms with Gasteiger partial charge in [-0.1, -0.05) is 25.1 Å². The minimum atomic E-state index is -0.0674. The molecular weight excluding hydrogens is 385 g/mol. The van der Waals surface area contributed by atoms with Crippen LogP contribution in [0.3, 0.4) is 0 Å². The highest BCUT2D eigenvalue weighted by atomic mass is 35.5. The fourth-order valence-electron chi connectivity index (χ4n) is 3.35. The second-order valence-electron chi connectivity index (χ2n) is 6.57. The summed E-state index contributed by atoms with van der Waals surface area (Å²) in [6, 6.07) is 10.6. The molecule has 5 nitrogen and oxygen atoms in total. The molecule has 2 heterocycles. The van der Waals surface area contributed by atoms with Gasteiger partial charge in [0.05, 0.1) is 18.4 Å². The Morgan fingerprint density at radius 2 is 1.96 bits per heavy atom. The van der Waals surface area contributed by atoms with Gasteiger partial charge in [0.25, 0.3) is 5.91 Å². The van der Waals surface area contributed by atoms with E-state index < -0.39 is 0 Å². The molecule has 1 unspecified atom stereocenters. The Kier molecular flexibility index (Phi) is 9.70. The summed E-state index contributed by atoms with van der Waals surface area (Å²) >= 11 is 0. The number of amides is 1. The highest BCUT2D eigenvalue weighted by Crippen LogP contribution is 2.33. The molecule has 27 heavy (non-hydrogen) atoms. The quantitative estimate of drug-likeness (QED) is 0.646. The Labute approximate surface area is 173 Å². The fourth-order valence-corrected chi connectivity index (χ4v) is 3.35. The van der Waals surface area contributed by atoms with Crippen molar-refractivity contribution in [1.82, 2.24) is 10.6 Å². The Morgan fingerprint density at radius 1 is 1.19 bits per heavy atom. The molecule has 0 saturated carbocycles. The molecule has 7 heteroatoms. The molecule has 0 saturated heterocycles. The molecular formula is C20H29Cl2N3O2. The number of benzene rings is 1. The summed E-state index contributed by atoms with van der Waals surface area (Å²) in [6.07, 6.45) is 3.73. The van der Waals surface area contributed by atoms with E-state index >= 15 is 0 Å². The fraction of sp³-hybridized carbons (Fsp3) is 0.450. The van der Waals surface area contributed by atoms with Gasteiger partial charge in [0.2, 0.25) is 0 Å². The van der Waals surface area contributed by atoms with Gasteiger partial charge in [-0.25, -0.2) is 0 Å². The van der Waals surface area contributed by atoms with Crippen LogP contribution in [0.25, 0.3) is 0 Å². The van der Waals surface area contributed by atoms with Gasteiger partial charge in [-0.3, -0.25) is 4.79 Å². The summed E-state index contributed by atoms with van der Waals surface area (Å²) < 4.78 is 5.64. The number of hydrogen-bond acceptors (Lipinski definition) is 4. The van der Waals surface area contributed by atoms with Gasteiger partial charge in [-0.05, 0) is 44.0 Å². The molecule has 2 aromatic rings. The SMILES string of the molecule is CCCNCCNC(=O)c1ccoc1CN1c2ccccc2CC1C.Cl.Cl. The minimum Gasteiger partial charge on any atom is -0.467 e. The van der Waals surface area contributed by atoms with E-state index in [1.54, 1.807) is 12.3 Å². The van der Waals surface area contributed by atoms with Crippen molar-refractivity contribution >= 4 is 36.4 Å². The van der Waals surface area contributed by atoms with E-state index in [-0.39, 0.29) is 30.7 Å². The first-order valence-corrected chi connectivity index (χ1v) is 9.10. The molecule has 1 atom stereocenters. The summed E-state index contributed by atoms with van der Waals surface area (Å²) in [7, 11) is 0. The van der Waals surface area contributed by atoms with Crippen molar-refractivity contribution in [3.05, 3.63) is 53.5 Å². The number of anilines is 1. The zero-order chi connectivity index (χ0) is 17.6. The second kappa shape index (κ2) is 11.2. The number of furan rings is 1. The monoisotopic (exact) mass is 413 g/mol. The zero-order valence-electron chi connectivity index (χ0n) is 15.9. The number of carbonyl (C=O) groups is 1. The number of para-hydroxylation sites is 1. The smallest absolute Gasteiger partial charge is 0.254 e. The summed E-state index contributed by atoms with van der Waals surface area (Å²) in [5.41, 5.74) is 3.23. The van der Waals surface area contributed by atoms with E-state index in [2.05, 4.69) is 53.6 Å². The highest BCUT2D eigenvalue weighted by Gasteiger charge is 2.27. The Balaban J connectivity index is 0.00000182. The average molecular weight is 414 g/mol. The van der Waals surface area contributed by atoms with E-state index in [4.69, 9.17) is 4.42 Å². The van der Waals surface area contributed by atoms with Crippen molar-refractivity contribution in [3.63, 3.8) is 0 Å². The van der Waals surface area contributed by atoms with Crippen molar-refractivity contribution in [2.75, 3.05) is 24.5 Å². The van der Waals surface area contributed by atoms with Crippen molar-refractivity contribution in [2.24, 2.45) is 0 Å². The Morgan fingerprint density at radius 3 is 2.74 bits per heavy atom. The van der Waals surface area contributed by atoms with Gasteiger partial charge < -0.3 is 20.0 Å². The predicted molar refractivity (Wildman–Crippen MR) is 114 cm³/mol. The summed E-state index contributed by atoms with van der Waals surface area (Å²) in [5, 5.41) is 6.24. The summed E-state index contributed by atoms with van der Waals surface area (Å²) in [6.45, 7) is 7.32. The lowest BCUT2D eigenvalue weighted by Gasteiger charge is -2.24. The molecule has 0 aliphatic carbocycles. The number of rotatable bonds is 8. The zero-order valence-corrected chi connectivity index (χ0v) is 17.5. The molecule has 0 spiro atoms. The van der Waals surface area contributed by atoms with Crippen LogP contribution >= 0.6 is 24.8 Å². The van der Waals surface area contributed by atoms with Crippen LogP contribution in [0, 0.1) is 0 Å². The van der Waals surface area contributed by atoms with Gasteiger partial charge in [-0.2, -0.15) is 0 Å². The van der Waals surface area contributed by atoms with Crippen LogP contribution in [-0.2, 0) is 13.0 Å². The molecule has 3 rings (SSSR count). The third kappa shape index (κ3) is 5.64. The third-order valence-corrected chi connectivity index (χ3v) is 4.67. The standard InChI is InChI=1S/C20H27N3O2.2ClH/c1-3-9-21-10-11-22-20(24)17-8-12-25-19(17)14-23-15(2)13-16-6-4-5-7-18(16)23;;/h4-8,12,15,21H,3,9-11,13-14H2,1-2H3,(H,22,24);2*1H. The maximum absolute atomic E-state index is 12.4. The molecule has 1 amide bonds. The molecule has 150 valence electrons. The van der Waals surface area contributed by atoms with E-state index in [9.17, 15) is 4.79 Å². The number of fused-ring (bicyclic) bond motifs is 1. The van der Waals surface area contributed by atoms with Crippen LogP contribution in [0.2, 0.25) is 0 Å². The predicted octanol–water partition coefficient (Wildman–Crippen LogP) is 3.80. The molecule has 1 aromatic carbocycles. The molecule has 0 radical (unpaired) electrons. The molecule has 2 N–H and O–H groups in total. The van der Waals surface area contributed by atoms with Gasteiger partial charge in [0, 0.05) is 24.8 Å². The van der Waals surface area contributed by atoms with Crippen molar-refractivity contribution in [3.8, 4) is 0 Å². The van der Waals surface area contributed by atoms with Crippen molar-refractivity contribution < 1.29 is 9.21 Å². The van der Waals surface area contributed by atoms with Gasteiger partial charge >= 0.3 is 0 Å². The summed E-state index contributed by atoms with van der Waals surface area (Å²) in [5.74, 6) is 0.657. The third-order valence-electron chi connectivity index (χ3n) is 4.67. The first-order valence-electron chi connectivity index (χ1n) is 9.10. The molecule has 1 aromatic heterocycles. The van der Waals surface area contributed by atoms with E-state index in [1.807, 2.05) is 0 Å². The first kappa shape index (κ1) is 23.3. The first-order chi connectivity index (χ1) is 12.2. The van der Waals surface area contributed by atoms with Crippen LogP contribution in [-0.4, -0.2) is 31.6 Å². The molecule has 0 bridgehead atoms. The maximum Gasteiger partial charge on any atom is 0.254 e. The molecule has 0 fully saturated rings. The Hall–Kier alpha value is -1.69. The minimum absolute atomic E-state index is 0. The van der Waals surface area contributed by atoms with Crippen molar-refractivity contribution in [1.29, 1.82) is 0 Å². The van der Waals surface area contributed by atoms with Crippen LogP contribution in [0.5, 0.6) is 0 Å². The number of carbonyl (C=O) groups excluding carboxylic acids is 1. The average Bonchev–Trinajstić information content (AvgIpc) is 3.20. The van der Waals surface area contributed by atoms with Gasteiger partial charge in [0.15, 0.2) is 0 Å². The molecule has 1 aliphatic rings. The summed E-state index contributed by atoms with van der Waals surface area (Å²) in [4.78, 5) is 14.8. The molecule has 1 aliphatic heterocycles. The Bertz CT molecular complexity index is 721. The largest absolute Gasteiger partial charge is 0.467 e. The van der Waals surface area contributed by atoms with Gasteiger partial charge in [-0.15, -0.1) is 24.8 Å². The highest BCUT2D eigenvalue weighted by molar-refractivity contribution is 5.95. The number of nitrogens with zero attached hydrogens (tertiary/aromatic N) is 1. The second-order valence-corrected chi connectivity index (χ2v) is 6.57. The van der Waals surface area contributed by atoms with E-state index in [0.717, 1.165) is 31.7 Å². The van der Waals surface area contributed by atoms with Crippen LogP contribution in [0.1, 0.15) is 41.9 Å². The number of hydrogen-bond donors (Lipinski definition) is 2. The van der Waals surface area contributed by atoms with Gasteiger partial charge in [0.1, 0.15) is 5.76 Å². The number of halogens is 2. The van der Waals surface area contributed by atoms with E-state index in [1.165, 1.54) is 11.3 Å². The van der Waals surface area contributed by atoms with Crippen LogP contribution < -0.4 is 15.5 Å². The van der Waals surface area contributed by atoms with Crippen LogP contribution in [0.15, 0.2) is 41.0 Å². The normalized spacial score (nSPS) is 14.9. The van der Waals surface area contributed by atoms with E-state index in [0.29, 0.717) is 24.7 Å². The van der Waals surface area contributed by atoms with Crippen molar-refractivity contribution in [2.45, 2.75) is 39.3 Å². The lowest BCUT2D eigenvalue weighted by molar-refractivity contribution is 0.0952. The van der Waals surface area contributed by atoms with Crippen LogP contribution in [0.4, 0.5) is 5.69 Å². The lowest BCUT2D eigenvalue weighted by Crippen LogP contribution is -2.33. The number of nitrogens with one attached hydrogen (secondary N) is 2.